The number of nitrogens with two attached hydrogens (primary N) is 1. The maximum atomic E-state index is 6.85. The third-order valence-corrected chi connectivity index (χ3v) is 1.10. The first-order valence-electron chi connectivity index (χ1n) is 2.69. The highest BCUT2D eigenvalue weighted by atomic mass is 14.5. The fourth-order valence-corrected chi connectivity index (χ4v) is 0.592. The normalized spacial score (nSPS) is 8.89. The zero-order chi connectivity index (χ0) is 6.69. The first-order valence-corrected chi connectivity index (χ1v) is 2.69. The van der Waals surface area contributed by atoms with Gasteiger partial charge >= 0.3 is 0 Å². The fourth-order valence-electron chi connectivity index (χ4n) is 0.592. The van der Waals surface area contributed by atoms with E-state index < -0.39 is 0 Å². The van der Waals surface area contributed by atoms with Crippen LogP contribution in [0.2, 0.25) is 0 Å². The maximum absolute atomic E-state index is 6.85. The van der Waals surface area contributed by atoms with Crippen molar-refractivity contribution in [1.82, 2.24) is 0 Å². The summed E-state index contributed by atoms with van der Waals surface area (Å²) in [6.07, 6.45) is 1.29. The molecule has 0 fully saturated rings. The lowest BCUT2D eigenvalue weighted by atomic mass is 10.2. The molecule has 0 atom stereocenters. The number of hydrogen-bond donors (Lipinski definition) is 2. The van der Waals surface area contributed by atoms with E-state index >= 15 is 0 Å². The fraction of sp³-hybridized carbons (Fsp3) is 0. The molecule has 0 saturated heterocycles. The van der Waals surface area contributed by atoms with Crippen molar-refractivity contribution < 1.29 is 0 Å². The van der Waals surface area contributed by atoms with E-state index in [0.717, 1.165) is 11.3 Å². The van der Waals surface area contributed by atoms with Gasteiger partial charge in [-0.05, 0) is 17.7 Å². The monoisotopic (exact) mass is 120 g/mol. The molecule has 0 aromatic heterocycles. The third kappa shape index (κ3) is 1.29. The van der Waals surface area contributed by atoms with Crippen LogP contribution < -0.4 is 5.73 Å². The van der Waals surface area contributed by atoms with Crippen LogP contribution in [-0.4, -0.2) is 6.21 Å². The van der Waals surface area contributed by atoms with Crippen molar-refractivity contribution in [2.45, 2.75) is 0 Å². The van der Waals surface area contributed by atoms with E-state index in [9.17, 15) is 0 Å². The van der Waals surface area contributed by atoms with Crippen LogP contribution in [0.1, 0.15) is 5.56 Å². The van der Waals surface area contributed by atoms with Crippen molar-refractivity contribution in [2.75, 3.05) is 5.73 Å². The summed E-state index contributed by atoms with van der Waals surface area (Å²) in [6, 6.07) is 7.17. The number of benzene rings is 1. The average molecular weight is 120 g/mol. The molecule has 9 heavy (non-hydrogen) atoms. The molecule has 0 aliphatic rings. The molecule has 0 amide bonds. The highest BCUT2D eigenvalue weighted by molar-refractivity contribution is 5.77. The molecule has 1 rings (SSSR count). The molecule has 2 heteroatoms. The van der Waals surface area contributed by atoms with Gasteiger partial charge in [0, 0.05) is 11.9 Å². The van der Waals surface area contributed by atoms with E-state index in [4.69, 9.17) is 11.1 Å². The standard InChI is InChI=1S/C7H8N2/c8-5-6-1-3-7(9)4-2-6/h1-5,8H,9H2. The van der Waals surface area contributed by atoms with Gasteiger partial charge in [-0.2, -0.15) is 0 Å². The average Bonchev–Trinajstić information content (AvgIpc) is 1.90. The van der Waals surface area contributed by atoms with Crippen LogP contribution in [0, 0.1) is 5.41 Å². The summed E-state index contributed by atoms with van der Waals surface area (Å²) in [5.41, 5.74) is 7.02. The Morgan fingerprint density at radius 2 is 1.78 bits per heavy atom. The summed E-state index contributed by atoms with van der Waals surface area (Å²) in [4.78, 5) is 0. The van der Waals surface area contributed by atoms with Crippen LogP contribution in [0.5, 0.6) is 0 Å². The van der Waals surface area contributed by atoms with Gasteiger partial charge in [0.25, 0.3) is 0 Å². The number of nitrogens with one attached hydrogen (secondary N) is 1. The van der Waals surface area contributed by atoms with Gasteiger partial charge in [0.1, 0.15) is 0 Å². The van der Waals surface area contributed by atoms with Gasteiger partial charge < -0.3 is 11.1 Å². The Kier molecular flexibility index (Phi) is 1.49. The third-order valence-electron chi connectivity index (χ3n) is 1.10. The highest BCUT2D eigenvalue weighted by Gasteiger charge is 1.83. The Balaban J connectivity index is 3.01. The highest BCUT2D eigenvalue weighted by Crippen LogP contribution is 2.01. The van der Waals surface area contributed by atoms with E-state index in [2.05, 4.69) is 0 Å². The smallest absolute Gasteiger partial charge is 0.0314 e. The molecule has 0 saturated carbocycles. The van der Waals surface area contributed by atoms with Crippen LogP contribution in [-0.2, 0) is 0 Å². The van der Waals surface area contributed by atoms with Gasteiger partial charge in [-0.1, -0.05) is 12.1 Å². The maximum Gasteiger partial charge on any atom is 0.0314 e. The van der Waals surface area contributed by atoms with Crippen molar-refractivity contribution in [1.29, 1.82) is 5.41 Å². The van der Waals surface area contributed by atoms with Gasteiger partial charge in [0.2, 0.25) is 0 Å². The molecule has 3 N–H and O–H groups in total. The second-order valence-electron chi connectivity index (χ2n) is 1.81. The SMILES string of the molecule is N=Cc1ccc(N)cc1. The van der Waals surface area contributed by atoms with Crippen molar-refractivity contribution in [3.63, 3.8) is 0 Å². The second kappa shape index (κ2) is 2.31. The molecule has 1 aromatic rings. The molecular weight excluding hydrogens is 112 g/mol. The molecule has 0 radical (unpaired) electrons. The van der Waals surface area contributed by atoms with Crippen LogP contribution in [0.25, 0.3) is 0 Å². The van der Waals surface area contributed by atoms with Crippen molar-refractivity contribution in [3.8, 4) is 0 Å². The van der Waals surface area contributed by atoms with Crippen LogP contribution >= 0.6 is 0 Å². The molecule has 1 aromatic carbocycles. The van der Waals surface area contributed by atoms with Crippen molar-refractivity contribution in [3.05, 3.63) is 29.8 Å². The summed E-state index contributed by atoms with van der Waals surface area (Å²) in [5.74, 6) is 0. The molecule has 0 spiro atoms. The van der Waals surface area contributed by atoms with E-state index in [1.807, 2.05) is 12.1 Å². The predicted octanol–water partition coefficient (Wildman–Crippen LogP) is 1.27. The lowest BCUT2D eigenvalue weighted by molar-refractivity contribution is 1.54. The van der Waals surface area contributed by atoms with Crippen LogP contribution in [0.4, 0.5) is 5.69 Å². The van der Waals surface area contributed by atoms with E-state index in [0.29, 0.717) is 0 Å². The Labute approximate surface area is 53.8 Å². The van der Waals surface area contributed by atoms with Gasteiger partial charge in [0.15, 0.2) is 0 Å². The van der Waals surface area contributed by atoms with Gasteiger partial charge in [-0.25, -0.2) is 0 Å². The predicted molar refractivity (Wildman–Crippen MR) is 38.7 cm³/mol. The molecule has 2 nitrogen and oxygen atoms in total. The molecule has 0 heterocycles. The lowest BCUT2D eigenvalue weighted by Gasteiger charge is -1.90. The number of hydrogen-bond acceptors (Lipinski definition) is 2. The van der Waals surface area contributed by atoms with Crippen molar-refractivity contribution >= 4 is 11.9 Å². The summed E-state index contributed by atoms with van der Waals surface area (Å²) < 4.78 is 0. The van der Waals surface area contributed by atoms with E-state index in [1.165, 1.54) is 6.21 Å². The van der Waals surface area contributed by atoms with Gasteiger partial charge in [0.05, 0.1) is 0 Å². The Morgan fingerprint density at radius 3 is 2.22 bits per heavy atom. The van der Waals surface area contributed by atoms with E-state index in [-0.39, 0.29) is 0 Å². The van der Waals surface area contributed by atoms with E-state index in [1.54, 1.807) is 12.1 Å². The summed E-state index contributed by atoms with van der Waals surface area (Å²) in [7, 11) is 0. The molecule has 46 valence electrons. The Hall–Kier alpha value is -1.31. The number of nitrogen functional groups attached to an aromatic ring is 1. The molecular formula is C7H8N2. The number of anilines is 1. The molecule has 0 aliphatic carbocycles. The summed E-state index contributed by atoms with van der Waals surface area (Å²) >= 11 is 0. The zero-order valence-corrected chi connectivity index (χ0v) is 4.96. The minimum absolute atomic E-state index is 0.737. The largest absolute Gasteiger partial charge is 0.399 e. The van der Waals surface area contributed by atoms with Crippen LogP contribution in [0.3, 0.4) is 0 Å². The molecule has 0 aliphatic heterocycles. The quantitative estimate of drug-likeness (QED) is 0.425. The first-order chi connectivity index (χ1) is 4.33. The first kappa shape index (κ1) is 5.82. The minimum atomic E-state index is 0.737. The minimum Gasteiger partial charge on any atom is -0.399 e. The van der Waals surface area contributed by atoms with Crippen LogP contribution in [0.15, 0.2) is 24.3 Å². The Morgan fingerprint density at radius 1 is 1.22 bits per heavy atom. The van der Waals surface area contributed by atoms with Crippen molar-refractivity contribution in [2.24, 2.45) is 0 Å². The summed E-state index contributed by atoms with van der Waals surface area (Å²) in [5, 5.41) is 6.85. The van der Waals surface area contributed by atoms with Gasteiger partial charge in [-0.15, -0.1) is 0 Å². The number of rotatable bonds is 1. The summed E-state index contributed by atoms with van der Waals surface area (Å²) in [6.45, 7) is 0. The molecule has 0 bridgehead atoms. The zero-order valence-electron chi connectivity index (χ0n) is 4.96. The molecule has 0 unspecified atom stereocenters. The lowest BCUT2D eigenvalue weighted by Crippen LogP contribution is -1.84. The van der Waals surface area contributed by atoms with Gasteiger partial charge in [-0.3, -0.25) is 0 Å². The topological polar surface area (TPSA) is 49.9 Å². The second-order valence-corrected chi connectivity index (χ2v) is 1.81. The Bertz CT molecular complexity index is 201.